The third kappa shape index (κ3) is 10.6. The number of rotatable bonds is 1. The molecule has 0 aromatic carbocycles. The van der Waals surface area contributed by atoms with Crippen molar-refractivity contribution in [2.75, 3.05) is 21.1 Å². The molecule has 0 radical (unpaired) electrons. The van der Waals surface area contributed by atoms with Crippen LogP contribution in [0.25, 0.3) is 0 Å². The van der Waals surface area contributed by atoms with E-state index in [4.69, 9.17) is 10.5 Å². The van der Waals surface area contributed by atoms with Crippen LogP contribution in [-0.4, -0.2) is 36.6 Å². The van der Waals surface area contributed by atoms with Crippen LogP contribution in [0.1, 0.15) is 77.0 Å². The molecule has 0 spiro atoms. The molecule has 2 aliphatic rings. The highest BCUT2D eigenvalue weighted by molar-refractivity contribution is 4.75. The normalized spacial score (nSPS) is 21.9. The highest BCUT2D eigenvalue weighted by Gasteiger charge is 2.23. The zero-order valence-electron chi connectivity index (χ0n) is 14.0. The third-order valence-corrected chi connectivity index (χ3v) is 4.47. The number of hydrogen-bond donors (Lipinski definition) is 2. The molecule has 3 heteroatoms. The van der Waals surface area contributed by atoms with Gasteiger partial charge in [-0.15, -0.1) is 0 Å². The molecule has 0 aliphatic heterocycles. The van der Waals surface area contributed by atoms with Gasteiger partial charge in [0.05, 0.1) is 0 Å². The van der Waals surface area contributed by atoms with Gasteiger partial charge in [-0.25, -0.2) is 0 Å². The van der Waals surface area contributed by atoms with Gasteiger partial charge in [-0.1, -0.05) is 77.0 Å². The topological polar surface area (TPSA) is 43.7 Å². The summed E-state index contributed by atoms with van der Waals surface area (Å²) in [6, 6.07) is 0. The van der Waals surface area contributed by atoms with Crippen LogP contribution in [0.3, 0.4) is 0 Å². The van der Waals surface area contributed by atoms with Gasteiger partial charge in [-0.2, -0.15) is 0 Å². The number of hydrogen-bond acceptors (Lipinski definition) is 3. The summed E-state index contributed by atoms with van der Waals surface area (Å²) in [7, 11) is 6.00. The molecule has 0 aromatic heterocycles. The van der Waals surface area contributed by atoms with Crippen molar-refractivity contribution in [1.29, 1.82) is 0 Å². The lowest BCUT2D eigenvalue weighted by molar-refractivity contribution is -0.176. The van der Waals surface area contributed by atoms with E-state index < -0.39 is 0 Å². The first-order valence-corrected chi connectivity index (χ1v) is 8.51. The van der Waals surface area contributed by atoms with E-state index >= 15 is 0 Å². The maximum absolute atomic E-state index is 6.00. The van der Waals surface area contributed by atoms with Crippen molar-refractivity contribution >= 4 is 0 Å². The van der Waals surface area contributed by atoms with E-state index in [1.165, 1.54) is 51.4 Å². The first-order chi connectivity index (χ1) is 9.70. The molecule has 20 heavy (non-hydrogen) atoms. The van der Waals surface area contributed by atoms with Gasteiger partial charge in [0.25, 0.3) is 0 Å². The average Bonchev–Trinajstić information content (AvgIpc) is 2.85. The Kier molecular flexibility index (Phi) is 13.8. The smallest absolute Gasteiger partial charge is 0.0140 e. The lowest BCUT2D eigenvalue weighted by Gasteiger charge is -2.24. The van der Waals surface area contributed by atoms with E-state index in [-0.39, 0.29) is 0 Å². The Morgan fingerprint density at radius 3 is 0.950 bits per heavy atom. The summed E-state index contributed by atoms with van der Waals surface area (Å²) in [6.45, 7) is 0. The molecule has 0 saturated heterocycles. The van der Waals surface area contributed by atoms with Gasteiger partial charge in [0, 0.05) is 0 Å². The molecule has 122 valence electrons. The monoisotopic (exact) mass is 287 g/mol. The predicted octanol–water partition coefficient (Wildman–Crippen LogP) is 5.12. The Morgan fingerprint density at radius 1 is 0.550 bits per heavy atom. The average molecular weight is 287 g/mol. The summed E-state index contributed by atoms with van der Waals surface area (Å²) in [4.78, 5) is 2.00. The fourth-order valence-electron chi connectivity index (χ4n) is 3.56. The molecule has 3 nitrogen and oxygen atoms in total. The second kappa shape index (κ2) is 13.8. The Morgan fingerprint density at radius 2 is 0.750 bits per heavy atom. The molecule has 0 heterocycles. The van der Waals surface area contributed by atoms with Crippen molar-refractivity contribution in [1.82, 2.24) is 4.90 Å². The molecule has 0 unspecified atom stereocenters. The Labute approximate surface area is 126 Å². The highest BCUT2D eigenvalue weighted by Crippen LogP contribution is 2.36. The van der Waals surface area contributed by atoms with Gasteiger partial charge >= 0.3 is 0 Å². The zero-order chi connectivity index (χ0) is 15.2. The third-order valence-electron chi connectivity index (χ3n) is 4.47. The van der Waals surface area contributed by atoms with E-state index in [0.717, 1.165) is 11.8 Å². The maximum atomic E-state index is 6.00. The number of nitrogens with zero attached hydrogens (tertiary/aromatic N) is 1. The Bertz CT molecular complexity index is 161. The summed E-state index contributed by atoms with van der Waals surface area (Å²) in [5.41, 5.74) is 0. The Hall–Kier alpha value is -0.120. The molecule has 0 bridgehead atoms. The molecular weight excluding hydrogens is 250 g/mol. The highest BCUT2D eigenvalue weighted by atomic mass is 17.0. The first kappa shape index (κ1) is 19.9. The van der Waals surface area contributed by atoms with E-state index in [2.05, 4.69) is 0 Å². The van der Waals surface area contributed by atoms with Crippen LogP contribution in [0.5, 0.6) is 0 Å². The lowest BCUT2D eigenvalue weighted by Crippen LogP contribution is -2.13. The van der Waals surface area contributed by atoms with Crippen molar-refractivity contribution in [3.05, 3.63) is 0 Å². The van der Waals surface area contributed by atoms with Crippen LogP contribution >= 0.6 is 0 Å². The second-order valence-corrected chi connectivity index (χ2v) is 6.84. The van der Waals surface area contributed by atoms with E-state index in [1.54, 1.807) is 25.7 Å². The quantitative estimate of drug-likeness (QED) is 0.399. The maximum Gasteiger partial charge on any atom is -0.0140 e. The SMILES string of the molecule is C1CCCC(C2CCCCCC2)CC1.CN(C)C.OO. The van der Waals surface area contributed by atoms with Crippen LogP contribution in [-0.2, 0) is 0 Å². The van der Waals surface area contributed by atoms with Crippen molar-refractivity contribution in [2.24, 2.45) is 11.8 Å². The fourth-order valence-corrected chi connectivity index (χ4v) is 3.56. The standard InChI is InChI=1S/C14H26.C3H9N.H2O2/c1-2-6-10-13(9-5-1)14-11-7-3-4-8-12-14;1-4(2)3;1-2/h13-14H,1-12H2;1-3H3;1-2H. The second-order valence-electron chi connectivity index (χ2n) is 6.84. The van der Waals surface area contributed by atoms with Crippen LogP contribution in [0.4, 0.5) is 0 Å². The molecule has 2 saturated carbocycles. The predicted molar refractivity (Wildman–Crippen MR) is 87.3 cm³/mol. The van der Waals surface area contributed by atoms with Gasteiger partial charge in [0.1, 0.15) is 0 Å². The Balaban J connectivity index is 0.000000521. The summed E-state index contributed by atoms with van der Waals surface area (Å²) >= 11 is 0. The summed E-state index contributed by atoms with van der Waals surface area (Å²) in [5, 5.41) is 12.0. The lowest BCUT2D eigenvalue weighted by atomic mass is 9.81. The van der Waals surface area contributed by atoms with Crippen molar-refractivity contribution in [3.63, 3.8) is 0 Å². The molecule has 2 rings (SSSR count). The largest absolute Gasteiger partial charge is 0.312 e. The van der Waals surface area contributed by atoms with Gasteiger partial charge < -0.3 is 4.90 Å². The molecule has 2 N–H and O–H groups in total. The van der Waals surface area contributed by atoms with E-state index in [0.29, 0.717) is 0 Å². The molecule has 2 fully saturated rings. The van der Waals surface area contributed by atoms with Gasteiger partial charge in [-0.3, -0.25) is 10.5 Å². The minimum atomic E-state index is 1.12. The summed E-state index contributed by atoms with van der Waals surface area (Å²) in [6.07, 6.45) is 18.4. The molecular formula is C17H37NO2. The zero-order valence-corrected chi connectivity index (χ0v) is 14.0. The van der Waals surface area contributed by atoms with Crippen LogP contribution in [0.15, 0.2) is 0 Å². The van der Waals surface area contributed by atoms with Gasteiger partial charge in [-0.05, 0) is 33.0 Å². The van der Waals surface area contributed by atoms with Crippen LogP contribution in [0.2, 0.25) is 0 Å². The molecule has 0 atom stereocenters. The summed E-state index contributed by atoms with van der Waals surface area (Å²) in [5.74, 6) is 2.24. The van der Waals surface area contributed by atoms with Crippen molar-refractivity contribution in [2.45, 2.75) is 77.0 Å². The van der Waals surface area contributed by atoms with Crippen molar-refractivity contribution < 1.29 is 10.5 Å². The van der Waals surface area contributed by atoms with Gasteiger partial charge in [0.15, 0.2) is 0 Å². The fraction of sp³-hybridized carbons (Fsp3) is 1.00. The summed E-state index contributed by atoms with van der Waals surface area (Å²) < 4.78 is 0. The molecule has 2 aliphatic carbocycles. The van der Waals surface area contributed by atoms with Crippen LogP contribution < -0.4 is 0 Å². The molecule has 0 aromatic rings. The minimum Gasteiger partial charge on any atom is -0.312 e. The van der Waals surface area contributed by atoms with Crippen molar-refractivity contribution in [3.8, 4) is 0 Å². The van der Waals surface area contributed by atoms with E-state index in [9.17, 15) is 0 Å². The van der Waals surface area contributed by atoms with E-state index in [1.807, 2.05) is 26.0 Å². The first-order valence-electron chi connectivity index (χ1n) is 8.51. The van der Waals surface area contributed by atoms with Gasteiger partial charge in [0.2, 0.25) is 0 Å². The minimum absolute atomic E-state index is 1.12. The molecule has 0 amide bonds. The van der Waals surface area contributed by atoms with Crippen LogP contribution in [0, 0.1) is 11.8 Å².